The maximum atomic E-state index is 13.2. The first-order valence-electron chi connectivity index (χ1n) is 12.2. The molecule has 4 amide bonds. The molecule has 1 atom stereocenters. The number of carbonyl (C=O) groups is 3. The molecule has 0 bridgehead atoms. The van der Waals surface area contributed by atoms with Crippen molar-refractivity contribution in [2.45, 2.75) is 40.2 Å². The van der Waals surface area contributed by atoms with Gasteiger partial charge in [0.25, 0.3) is 0 Å². The summed E-state index contributed by atoms with van der Waals surface area (Å²) >= 11 is 0. The highest BCUT2D eigenvalue weighted by atomic mass is 16.5. The van der Waals surface area contributed by atoms with Crippen LogP contribution in [0.2, 0.25) is 0 Å². The number of benzene rings is 1. The number of hydrogen-bond donors (Lipinski definition) is 2. The first kappa shape index (κ1) is 25.6. The SMILES string of the molecule is CCNC(=O)N1CCCN(CC2=C(C(=O)OCC)[C@H](c3ccc(C)cc3)NC(=O)N2CC)CC1. The predicted octanol–water partition coefficient (Wildman–Crippen LogP) is 2.64. The highest BCUT2D eigenvalue weighted by Gasteiger charge is 2.38. The van der Waals surface area contributed by atoms with E-state index in [0.717, 1.165) is 24.1 Å². The number of nitrogens with one attached hydrogen (secondary N) is 2. The van der Waals surface area contributed by atoms with Gasteiger partial charge in [-0.25, -0.2) is 14.4 Å². The van der Waals surface area contributed by atoms with Crippen molar-refractivity contribution in [2.75, 3.05) is 52.4 Å². The standard InChI is InChI=1S/C25H37N5O4/c1-5-26-24(32)29-14-8-13-28(15-16-29)17-20-21(23(31)34-7-3)22(27-25(33)30(20)6-2)19-11-9-18(4)10-12-19/h9-12,22H,5-8,13-17H2,1-4H3,(H,26,32)(H,27,33)/t22-/m0/s1. The molecular formula is C25H37N5O4. The summed E-state index contributed by atoms with van der Waals surface area (Å²) in [7, 11) is 0. The first-order valence-corrected chi connectivity index (χ1v) is 12.2. The number of urea groups is 2. The molecule has 2 aliphatic rings. The maximum Gasteiger partial charge on any atom is 0.338 e. The molecule has 2 N–H and O–H groups in total. The number of carbonyl (C=O) groups excluding carboxylic acids is 3. The van der Waals surface area contributed by atoms with Crippen LogP contribution in [0.3, 0.4) is 0 Å². The van der Waals surface area contributed by atoms with Gasteiger partial charge in [0.2, 0.25) is 0 Å². The quantitative estimate of drug-likeness (QED) is 0.597. The maximum absolute atomic E-state index is 13.2. The van der Waals surface area contributed by atoms with E-state index >= 15 is 0 Å². The summed E-state index contributed by atoms with van der Waals surface area (Å²) in [5, 5.41) is 5.87. The van der Waals surface area contributed by atoms with Gasteiger partial charge in [0.05, 0.1) is 18.2 Å². The molecule has 1 aromatic rings. The molecule has 0 aromatic heterocycles. The fraction of sp³-hybridized carbons (Fsp3) is 0.560. The fourth-order valence-electron chi connectivity index (χ4n) is 4.47. The molecule has 1 fully saturated rings. The topological polar surface area (TPSA) is 94.2 Å². The van der Waals surface area contributed by atoms with E-state index in [1.807, 2.05) is 49.9 Å². The van der Waals surface area contributed by atoms with E-state index in [1.54, 1.807) is 11.8 Å². The van der Waals surface area contributed by atoms with Crippen molar-refractivity contribution >= 4 is 18.0 Å². The van der Waals surface area contributed by atoms with Crippen LogP contribution in [-0.4, -0.2) is 85.2 Å². The normalized spacial score (nSPS) is 19.5. The van der Waals surface area contributed by atoms with Crippen LogP contribution in [0.5, 0.6) is 0 Å². The van der Waals surface area contributed by atoms with E-state index in [2.05, 4.69) is 15.5 Å². The molecule has 3 rings (SSSR count). The number of rotatable bonds is 7. The Kier molecular flexibility index (Phi) is 8.92. The molecule has 1 aromatic carbocycles. The Morgan fingerprint density at radius 2 is 1.82 bits per heavy atom. The van der Waals surface area contributed by atoms with Crippen molar-refractivity contribution in [3.63, 3.8) is 0 Å². The number of hydrogen-bond acceptors (Lipinski definition) is 5. The summed E-state index contributed by atoms with van der Waals surface area (Å²) in [6, 6.07) is 6.96. The largest absolute Gasteiger partial charge is 0.463 e. The third-order valence-corrected chi connectivity index (χ3v) is 6.24. The van der Waals surface area contributed by atoms with Gasteiger partial charge in [0.15, 0.2) is 0 Å². The van der Waals surface area contributed by atoms with Crippen molar-refractivity contribution in [2.24, 2.45) is 0 Å². The molecule has 0 aliphatic carbocycles. The monoisotopic (exact) mass is 471 g/mol. The van der Waals surface area contributed by atoms with Crippen molar-refractivity contribution in [1.29, 1.82) is 0 Å². The number of esters is 1. The van der Waals surface area contributed by atoms with E-state index in [9.17, 15) is 14.4 Å². The number of likely N-dealkylation sites (N-methyl/N-ethyl adjacent to an activating group) is 1. The molecule has 9 heteroatoms. The molecule has 9 nitrogen and oxygen atoms in total. The lowest BCUT2D eigenvalue weighted by molar-refractivity contribution is -0.139. The van der Waals surface area contributed by atoms with E-state index in [0.29, 0.717) is 50.5 Å². The minimum atomic E-state index is -0.580. The van der Waals surface area contributed by atoms with Gasteiger partial charge in [-0.2, -0.15) is 0 Å². The van der Waals surface area contributed by atoms with Crippen LogP contribution in [0.4, 0.5) is 9.59 Å². The molecule has 1 saturated heterocycles. The Bertz CT molecular complexity index is 914. The predicted molar refractivity (Wildman–Crippen MR) is 130 cm³/mol. The van der Waals surface area contributed by atoms with Crippen molar-refractivity contribution in [3.8, 4) is 0 Å². The van der Waals surface area contributed by atoms with Gasteiger partial charge in [0.1, 0.15) is 0 Å². The Hall–Kier alpha value is -3.07. The molecule has 0 radical (unpaired) electrons. The molecule has 0 spiro atoms. The second-order valence-electron chi connectivity index (χ2n) is 8.57. The lowest BCUT2D eigenvalue weighted by Crippen LogP contribution is -2.51. The van der Waals surface area contributed by atoms with Crippen LogP contribution in [-0.2, 0) is 9.53 Å². The van der Waals surface area contributed by atoms with E-state index in [-0.39, 0.29) is 18.7 Å². The van der Waals surface area contributed by atoms with Gasteiger partial charge >= 0.3 is 18.0 Å². The highest BCUT2D eigenvalue weighted by Crippen LogP contribution is 2.32. The Morgan fingerprint density at radius 1 is 1.09 bits per heavy atom. The highest BCUT2D eigenvalue weighted by molar-refractivity contribution is 5.95. The lowest BCUT2D eigenvalue weighted by Gasteiger charge is -2.38. The van der Waals surface area contributed by atoms with Crippen LogP contribution in [0, 0.1) is 6.92 Å². The van der Waals surface area contributed by atoms with Crippen LogP contribution >= 0.6 is 0 Å². The summed E-state index contributed by atoms with van der Waals surface area (Å²) in [6.07, 6.45) is 0.818. The average Bonchev–Trinajstić information content (AvgIpc) is 3.05. The Morgan fingerprint density at radius 3 is 2.47 bits per heavy atom. The molecule has 34 heavy (non-hydrogen) atoms. The zero-order valence-corrected chi connectivity index (χ0v) is 20.7. The molecule has 186 valence electrons. The number of ether oxygens (including phenoxy) is 1. The molecule has 0 saturated carbocycles. The van der Waals surface area contributed by atoms with E-state index < -0.39 is 12.0 Å². The minimum absolute atomic E-state index is 0.0533. The summed E-state index contributed by atoms with van der Waals surface area (Å²) in [6.45, 7) is 12.0. The van der Waals surface area contributed by atoms with Crippen LogP contribution < -0.4 is 10.6 Å². The number of amides is 4. The molecule has 2 heterocycles. The fourth-order valence-corrected chi connectivity index (χ4v) is 4.47. The average molecular weight is 472 g/mol. The summed E-state index contributed by atoms with van der Waals surface area (Å²) in [5.74, 6) is -0.416. The molecular weight excluding hydrogens is 434 g/mol. The zero-order valence-electron chi connectivity index (χ0n) is 20.7. The van der Waals surface area contributed by atoms with Gasteiger partial charge in [-0.3, -0.25) is 9.80 Å². The summed E-state index contributed by atoms with van der Waals surface area (Å²) in [4.78, 5) is 44.2. The van der Waals surface area contributed by atoms with Crippen molar-refractivity contribution in [1.82, 2.24) is 25.3 Å². The summed E-state index contributed by atoms with van der Waals surface area (Å²) in [5.41, 5.74) is 3.08. The van der Waals surface area contributed by atoms with Crippen LogP contribution in [0.25, 0.3) is 0 Å². The number of aryl methyl sites for hydroxylation is 1. The third-order valence-electron chi connectivity index (χ3n) is 6.24. The smallest absolute Gasteiger partial charge is 0.338 e. The van der Waals surface area contributed by atoms with E-state index in [1.165, 1.54) is 0 Å². The Labute approximate surface area is 202 Å². The van der Waals surface area contributed by atoms with Gasteiger partial charge < -0.3 is 20.3 Å². The van der Waals surface area contributed by atoms with Crippen LogP contribution in [0.1, 0.15) is 44.4 Å². The van der Waals surface area contributed by atoms with Gasteiger partial charge in [-0.1, -0.05) is 29.8 Å². The first-order chi connectivity index (χ1) is 16.4. The van der Waals surface area contributed by atoms with Crippen molar-refractivity contribution < 1.29 is 19.1 Å². The van der Waals surface area contributed by atoms with Gasteiger partial charge in [0, 0.05) is 51.5 Å². The number of nitrogens with zero attached hydrogens (tertiary/aromatic N) is 3. The minimum Gasteiger partial charge on any atom is -0.463 e. The van der Waals surface area contributed by atoms with Gasteiger partial charge in [-0.15, -0.1) is 0 Å². The van der Waals surface area contributed by atoms with Crippen molar-refractivity contribution in [3.05, 3.63) is 46.7 Å². The molecule has 2 aliphatic heterocycles. The second kappa shape index (κ2) is 11.9. The lowest BCUT2D eigenvalue weighted by atomic mass is 9.93. The summed E-state index contributed by atoms with van der Waals surface area (Å²) < 4.78 is 5.45. The Balaban J connectivity index is 1.95. The van der Waals surface area contributed by atoms with Crippen LogP contribution in [0.15, 0.2) is 35.5 Å². The third kappa shape index (κ3) is 5.88. The second-order valence-corrected chi connectivity index (χ2v) is 8.57. The molecule has 0 unspecified atom stereocenters. The van der Waals surface area contributed by atoms with E-state index in [4.69, 9.17) is 4.74 Å². The van der Waals surface area contributed by atoms with Gasteiger partial charge in [-0.05, 0) is 39.7 Å². The zero-order chi connectivity index (χ0) is 24.7.